The van der Waals surface area contributed by atoms with Crippen LogP contribution in [-0.2, 0) is 16.0 Å². The third kappa shape index (κ3) is 7.52. The lowest BCUT2D eigenvalue weighted by Crippen LogP contribution is -2.60. The van der Waals surface area contributed by atoms with E-state index >= 15 is 0 Å². The van der Waals surface area contributed by atoms with Crippen molar-refractivity contribution in [3.63, 3.8) is 0 Å². The predicted octanol–water partition coefficient (Wildman–Crippen LogP) is 4.88. The quantitative estimate of drug-likeness (QED) is 0.175. The molecule has 0 radical (unpaired) electrons. The third-order valence-electron chi connectivity index (χ3n) is 6.97. The first-order chi connectivity index (χ1) is 18.7. The largest absolute Gasteiger partial charge is 0.370 e. The van der Waals surface area contributed by atoms with E-state index in [-0.39, 0.29) is 29.9 Å². The number of aliphatic imine (C=N–C) groups is 1. The number of hydrogen-bond donors (Lipinski definition) is 2. The second-order valence-corrected chi connectivity index (χ2v) is 10.7. The van der Waals surface area contributed by atoms with Crippen LogP contribution in [0.5, 0.6) is 0 Å². The molecule has 4 N–H and O–H groups in total. The zero-order chi connectivity index (χ0) is 27.9. The minimum Gasteiger partial charge on any atom is -0.370 e. The van der Waals surface area contributed by atoms with Crippen molar-refractivity contribution in [3.8, 4) is 0 Å². The van der Waals surface area contributed by atoms with Crippen LogP contribution in [0.25, 0.3) is 16.8 Å². The predicted molar refractivity (Wildman–Crippen MR) is 160 cm³/mol. The van der Waals surface area contributed by atoms with Crippen molar-refractivity contribution in [2.24, 2.45) is 16.5 Å². The molecule has 3 aromatic carbocycles. The Morgan fingerprint density at radius 1 is 1.00 bits per heavy atom. The Kier molecular flexibility index (Phi) is 9.49. The van der Waals surface area contributed by atoms with Crippen LogP contribution < -0.4 is 11.5 Å². The SMILES string of the molecule is C[C@@H]1CN(C(=O)/C=C/c2ccc(Cl)cc2Cl)C(CCCN=C(N)N)CN1C(=O)Cc1ccc2ccccc2c1. The molecule has 2 amide bonds. The number of nitrogens with two attached hydrogens (primary N) is 2. The number of hydrogen-bond acceptors (Lipinski definition) is 3. The van der Waals surface area contributed by atoms with Crippen LogP contribution in [-0.4, -0.2) is 59.3 Å². The average Bonchev–Trinajstić information content (AvgIpc) is 2.90. The fourth-order valence-corrected chi connectivity index (χ4v) is 5.43. The fraction of sp³-hybridized carbons (Fsp3) is 0.300. The van der Waals surface area contributed by atoms with Gasteiger partial charge in [0.15, 0.2) is 5.96 Å². The van der Waals surface area contributed by atoms with Crippen molar-refractivity contribution in [3.05, 3.63) is 87.9 Å². The maximum Gasteiger partial charge on any atom is 0.246 e. The number of halogens is 2. The first kappa shape index (κ1) is 28.5. The second-order valence-electron chi connectivity index (χ2n) is 9.85. The molecule has 9 heteroatoms. The van der Waals surface area contributed by atoms with E-state index in [0.29, 0.717) is 54.5 Å². The van der Waals surface area contributed by atoms with Gasteiger partial charge in [-0.3, -0.25) is 14.6 Å². The Bertz CT molecular complexity index is 1400. The van der Waals surface area contributed by atoms with Gasteiger partial charge in [-0.15, -0.1) is 0 Å². The highest BCUT2D eigenvalue weighted by Gasteiger charge is 2.35. The Morgan fingerprint density at radius 2 is 1.77 bits per heavy atom. The molecule has 1 saturated heterocycles. The van der Waals surface area contributed by atoms with Crippen molar-refractivity contribution in [2.75, 3.05) is 19.6 Å². The number of carbonyl (C=O) groups excluding carboxylic acids is 2. The zero-order valence-corrected chi connectivity index (χ0v) is 23.4. The van der Waals surface area contributed by atoms with E-state index < -0.39 is 0 Å². The van der Waals surface area contributed by atoms with Crippen LogP contribution in [0, 0.1) is 0 Å². The lowest BCUT2D eigenvalue weighted by molar-refractivity contribution is -0.143. The molecule has 1 heterocycles. The van der Waals surface area contributed by atoms with E-state index in [9.17, 15) is 9.59 Å². The van der Waals surface area contributed by atoms with Crippen molar-refractivity contribution in [1.82, 2.24) is 9.80 Å². The first-order valence-electron chi connectivity index (χ1n) is 13.0. The fourth-order valence-electron chi connectivity index (χ4n) is 4.96. The molecule has 2 atom stereocenters. The smallest absolute Gasteiger partial charge is 0.246 e. The van der Waals surface area contributed by atoms with Crippen molar-refractivity contribution in [1.29, 1.82) is 0 Å². The molecule has 1 fully saturated rings. The molecule has 1 aliphatic heterocycles. The summed E-state index contributed by atoms with van der Waals surface area (Å²) >= 11 is 12.3. The van der Waals surface area contributed by atoms with Gasteiger partial charge < -0.3 is 21.3 Å². The molecule has 204 valence electrons. The highest BCUT2D eigenvalue weighted by Crippen LogP contribution is 2.24. The molecule has 0 aromatic heterocycles. The van der Waals surface area contributed by atoms with Crippen molar-refractivity contribution >= 4 is 57.8 Å². The molecule has 0 saturated carbocycles. The first-order valence-corrected chi connectivity index (χ1v) is 13.7. The Hall–Kier alpha value is -3.55. The molecule has 1 unspecified atom stereocenters. The number of fused-ring (bicyclic) bond motifs is 1. The highest BCUT2D eigenvalue weighted by molar-refractivity contribution is 6.35. The summed E-state index contributed by atoms with van der Waals surface area (Å²) in [6.07, 6.45) is 4.86. The van der Waals surface area contributed by atoms with Crippen LogP contribution in [0.2, 0.25) is 10.0 Å². The summed E-state index contributed by atoms with van der Waals surface area (Å²) < 4.78 is 0. The van der Waals surface area contributed by atoms with Gasteiger partial charge in [0.2, 0.25) is 11.8 Å². The third-order valence-corrected chi connectivity index (χ3v) is 7.53. The minimum absolute atomic E-state index is 0.0372. The number of carbonyl (C=O) groups is 2. The molecular weight excluding hydrogens is 533 g/mol. The number of rotatable bonds is 8. The number of amides is 2. The molecular formula is C30H33Cl2N5O2. The van der Waals surface area contributed by atoms with Gasteiger partial charge in [0.1, 0.15) is 0 Å². The van der Waals surface area contributed by atoms with E-state index in [1.807, 2.05) is 47.1 Å². The average molecular weight is 567 g/mol. The van der Waals surface area contributed by atoms with Gasteiger partial charge in [0, 0.05) is 47.8 Å². The van der Waals surface area contributed by atoms with Gasteiger partial charge in [-0.1, -0.05) is 71.7 Å². The van der Waals surface area contributed by atoms with Crippen LogP contribution in [0.3, 0.4) is 0 Å². The van der Waals surface area contributed by atoms with Crippen molar-refractivity contribution in [2.45, 2.75) is 38.3 Å². The summed E-state index contributed by atoms with van der Waals surface area (Å²) in [5.74, 6) is -0.0564. The summed E-state index contributed by atoms with van der Waals surface area (Å²) in [6.45, 7) is 3.30. The molecule has 7 nitrogen and oxygen atoms in total. The minimum atomic E-state index is -0.172. The standard InChI is InChI=1S/C30H33Cl2N5O2/c1-20-18-37(28(38)13-11-23-10-12-25(31)17-27(23)32)26(7-4-14-35-30(33)34)19-36(20)29(39)16-21-8-9-22-5-2-3-6-24(22)15-21/h2-3,5-6,8-13,15,17,20,26H,4,7,14,16,18-19H2,1H3,(H4,33,34,35)/b13-11+/t20-,26?/m1/s1. The maximum absolute atomic E-state index is 13.5. The van der Waals surface area contributed by atoms with Gasteiger partial charge in [0.05, 0.1) is 6.42 Å². The number of benzene rings is 3. The zero-order valence-electron chi connectivity index (χ0n) is 21.9. The normalized spacial score (nSPS) is 17.5. The molecule has 4 rings (SSSR count). The van der Waals surface area contributed by atoms with Crippen LogP contribution >= 0.6 is 23.2 Å². The summed E-state index contributed by atoms with van der Waals surface area (Å²) in [7, 11) is 0. The summed E-state index contributed by atoms with van der Waals surface area (Å²) in [4.78, 5) is 34.6. The second kappa shape index (κ2) is 13.0. The maximum atomic E-state index is 13.5. The molecule has 1 aliphatic rings. The van der Waals surface area contributed by atoms with Gasteiger partial charge in [-0.25, -0.2) is 0 Å². The van der Waals surface area contributed by atoms with Gasteiger partial charge in [0.25, 0.3) is 0 Å². The van der Waals surface area contributed by atoms with Gasteiger partial charge in [-0.05, 0) is 59.9 Å². The number of nitrogens with zero attached hydrogens (tertiary/aromatic N) is 3. The Morgan fingerprint density at radius 3 is 2.51 bits per heavy atom. The van der Waals surface area contributed by atoms with Gasteiger partial charge in [-0.2, -0.15) is 0 Å². The van der Waals surface area contributed by atoms with Crippen LogP contribution in [0.15, 0.2) is 71.7 Å². The molecule has 0 spiro atoms. The van der Waals surface area contributed by atoms with E-state index in [2.05, 4.69) is 17.1 Å². The Balaban J connectivity index is 1.49. The van der Waals surface area contributed by atoms with E-state index in [4.69, 9.17) is 34.7 Å². The lowest BCUT2D eigenvalue weighted by Gasteiger charge is -2.45. The highest BCUT2D eigenvalue weighted by atomic mass is 35.5. The van der Waals surface area contributed by atoms with Gasteiger partial charge >= 0.3 is 0 Å². The molecule has 0 bridgehead atoms. The van der Waals surface area contributed by atoms with E-state index in [0.717, 1.165) is 16.3 Å². The summed E-state index contributed by atoms with van der Waals surface area (Å²) in [6, 6.07) is 19.1. The monoisotopic (exact) mass is 565 g/mol. The van der Waals surface area contributed by atoms with E-state index in [1.54, 1.807) is 24.3 Å². The van der Waals surface area contributed by atoms with Crippen LogP contribution in [0.4, 0.5) is 0 Å². The molecule has 3 aromatic rings. The topological polar surface area (TPSA) is 105 Å². The van der Waals surface area contributed by atoms with E-state index in [1.165, 1.54) is 6.08 Å². The van der Waals surface area contributed by atoms with Crippen LogP contribution in [0.1, 0.15) is 30.9 Å². The number of piperazine rings is 1. The summed E-state index contributed by atoms with van der Waals surface area (Å²) in [5.41, 5.74) is 12.6. The number of guanidine groups is 1. The Labute approximate surface area is 239 Å². The molecule has 39 heavy (non-hydrogen) atoms. The van der Waals surface area contributed by atoms with Crippen molar-refractivity contribution < 1.29 is 9.59 Å². The lowest BCUT2D eigenvalue weighted by atomic mass is 10.00. The summed E-state index contributed by atoms with van der Waals surface area (Å²) in [5, 5.41) is 3.25. The molecule has 0 aliphatic carbocycles.